The van der Waals surface area contributed by atoms with Gasteiger partial charge in [0.1, 0.15) is 5.75 Å². The normalized spacial score (nSPS) is 21.9. The summed E-state index contributed by atoms with van der Waals surface area (Å²) >= 11 is 1.55. The summed E-state index contributed by atoms with van der Waals surface area (Å²) in [6, 6.07) is 5.96. The van der Waals surface area contributed by atoms with Crippen LogP contribution < -0.4 is 15.2 Å². The molecule has 3 amide bonds. The van der Waals surface area contributed by atoms with Gasteiger partial charge in [-0.05, 0) is 67.9 Å². The molecule has 36 heavy (non-hydrogen) atoms. The molecule has 2 saturated carbocycles. The average Bonchev–Trinajstić information content (AvgIpc) is 3.72. The number of primary amides is 1. The highest BCUT2D eigenvalue weighted by Gasteiger charge is 2.41. The molecule has 1 aromatic rings. The summed E-state index contributed by atoms with van der Waals surface area (Å²) in [5, 5.41) is 9.05. The lowest BCUT2D eigenvalue weighted by Gasteiger charge is -2.42. The molecule has 0 radical (unpaired) electrons. The molecular formula is C24H35F3N4O4S. The molecule has 2 aliphatic carbocycles. The molecule has 3 fully saturated rings. The van der Waals surface area contributed by atoms with Crippen LogP contribution in [-0.4, -0.2) is 77.8 Å². The number of hydrogen-bond acceptors (Lipinski definition) is 6. The predicted molar refractivity (Wildman–Crippen MR) is 131 cm³/mol. The standard InChI is InChI=1S/C14H26N4O3S.C10H9F3O/c1-22-16-7-10-6-12(9-17(8-10)14(15)21)18(11-2-3-11)13(20)4-5-19;11-10(12,13)14-9-5-3-8(4-6-9)7-1-2-7/h10-12,16,19H,2-9H2,1H3,(H2,15,21);3-7H,1-2H2. The van der Waals surface area contributed by atoms with Crippen LogP contribution in [0.1, 0.15) is 50.0 Å². The maximum Gasteiger partial charge on any atom is 0.573 e. The summed E-state index contributed by atoms with van der Waals surface area (Å²) in [5.41, 5.74) is 6.56. The first-order chi connectivity index (χ1) is 17.1. The number of alkyl halides is 3. The fourth-order valence-electron chi connectivity index (χ4n) is 4.55. The van der Waals surface area contributed by atoms with Gasteiger partial charge in [0.2, 0.25) is 5.91 Å². The molecule has 2 atom stereocenters. The molecule has 4 rings (SSSR count). The number of likely N-dealkylation sites (tertiary alicyclic amines) is 1. The minimum atomic E-state index is -4.60. The van der Waals surface area contributed by atoms with E-state index in [4.69, 9.17) is 10.8 Å². The summed E-state index contributed by atoms with van der Waals surface area (Å²) in [5.74, 6) is 0.664. The number of piperidine rings is 1. The van der Waals surface area contributed by atoms with E-state index in [1.54, 1.807) is 29.0 Å². The van der Waals surface area contributed by atoms with Crippen LogP contribution in [0.4, 0.5) is 18.0 Å². The van der Waals surface area contributed by atoms with Gasteiger partial charge in [0.25, 0.3) is 0 Å². The minimum Gasteiger partial charge on any atom is -0.406 e. The van der Waals surface area contributed by atoms with Crippen molar-refractivity contribution in [3.8, 4) is 5.75 Å². The quantitative estimate of drug-likeness (QED) is 0.421. The summed E-state index contributed by atoms with van der Waals surface area (Å²) in [4.78, 5) is 27.5. The van der Waals surface area contributed by atoms with E-state index in [9.17, 15) is 22.8 Å². The SMILES string of the molecule is CSNCC1CC(N(C(=O)CCO)C2CC2)CN(C(N)=O)C1.FC(F)(F)Oc1ccc(C2CC2)cc1. The molecule has 0 spiro atoms. The first-order valence-electron chi connectivity index (χ1n) is 12.2. The van der Waals surface area contributed by atoms with Gasteiger partial charge in [-0.1, -0.05) is 24.1 Å². The van der Waals surface area contributed by atoms with E-state index in [1.807, 2.05) is 11.2 Å². The lowest BCUT2D eigenvalue weighted by molar-refractivity contribution is -0.274. The molecule has 1 saturated heterocycles. The third-order valence-electron chi connectivity index (χ3n) is 6.45. The van der Waals surface area contributed by atoms with Crippen LogP contribution in [0.25, 0.3) is 0 Å². The van der Waals surface area contributed by atoms with E-state index < -0.39 is 12.4 Å². The van der Waals surface area contributed by atoms with Gasteiger partial charge in [-0.15, -0.1) is 13.2 Å². The number of halogens is 3. The molecule has 8 nitrogen and oxygen atoms in total. The Morgan fingerprint density at radius 2 is 1.83 bits per heavy atom. The van der Waals surface area contributed by atoms with Crippen molar-refractivity contribution in [2.75, 3.05) is 32.5 Å². The third-order valence-corrected chi connectivity index (χ3v) is 6.91. The highest BCUT2D eigenvalue weighted by molar-refractivity contribution is 7.96. The summed E-state index contributed by atoms with van der Waals surface area (Å²) in [6.07, 6.45) is 2.69. The molecule has 202 valence electrons. The zero-order valence-corrected chi connectivity index (χ0v) is 21.2. The van der Waals surface area contributed by atoms with Crippen LogP contribution in [0, 0.1) is 5.92 Å². The van der Waals surface area contributed by atoms with Crippen molar-refractivity contribution >= 4 is 23.9 Å². The maximum absolute atomic E-state index is 12.3. The molecule has 0 aromatic heterocycles. The molecule has 0 bridgehead atoms. The first kappa shape index (κ1) is 28.4. The second-order valence-corrected chi connectivity index (χ2v) is 10.1. The summed E-state index contributed by atoms with van der Waals surface area (Å²) in [7, 11) is 0. The van der Waals surface area contributed by atoms with Crippen molar-refractivity contribution in [3.63, 3.8) is 0 Å². The van der Waals surface area contributed by atoms with E-state index in [0.717, 1.165) is 44.2 Å². The number of aliphatic hydroxyl groups excluding tert-OH is 1. The lowest BCUT2D eigenvalue weighted by Crippen LogP contribution is -2.57. The van der Waals surface area contributed by atoms with Crippen molar-refractivity contribution in [3.05, 3.63) is 29.8 Å². The van der Waals surface area contributed by atoms with Crippen LogP contribution in [0.15, 0.2) is 24.3 Å². The van der Waals surface area contributed by atoms with E-state index >= 15 is 0 Å². The number of urea groups is 1. The molecule has 1 heterocycles. The number of hydrogen-bond donors (Lipinski definition) is 3. The van der Waals surface area contributed by atoms with Gasteiger partial charge in [0.05, 0.1) is 12.6 Å². The number of ether oxygens (including phenoxy) is 1. The van der Waals surface area contributed by atoms with E-state index in [-0.39, 0.29) is 42.7 Å². The molecular weight excluding hydrogens is 497 g/mol. The highest BCUT2D eigenvalue weighted by atomic mass is 32.2. The Morgan fingerprint density at radius 3 is 2.33 bits per heavy atom. The Morgan fingerprint density at radius 1 is 1.17 bits per heavy atom. The van der Waals surface area contributed by atoms with Gasteiger partial charge >= 0.3 is 12.4 Å². The Labute approximate surface area is 213 Å². The molecule has 3 aliphatic rings. The fourth-order valence-corrected chi connectivity index (χ4v) is 4.95. The van der Waals surface area contributed by atoms with Crippen LogP contribution in [0.3, 0.4) is 0 Å². The van der Waals surface area contributed by atoms with Crippen molar-refractivity contribution in [1.82, 2.24) is 14.5 Å². The Bertz CT molecular complexity index is 866. The van der Waals surface area contributed by atoms with Crippen molar-refractivity contribution in [1.29, 1.82) is 0 Å². The number of aliphatic hydroxyl groups is 1. The van der Waals surface area contributed by atoms with Gasteiger partial charge in [-0.2, -0.15) is 0 Å². The van der Waals surface area contributed by atoms with Crippen LogP contribution in [0.2, 0.25) is 0 Å². The smallest absolute Gasteiger partial charge is 0.406 e. The average molecular weight is 533 g/mol. The van der Waals surface area contributed by atoms with E-state index in [2.05, 4.69) is 9.46 Å². The Hall–Kier alpha value is -2.18. The zero-order chi connectivity index (χ0) is 26.3. The van der Waals surface area contributed by atoms with Gasteiger partial charge in [-0.25, -0.2) is 4.79 Å². The number of carbonyl (C=O) groups is 2. The van der Waals surface area contributed by atoms with Crippen LogP contribution >= 0.6 is 11.9 Å². The van der Waals surface area contributed by atoms with Crippen molar-refractivity contribution in [2.24, 2.45) is 11.7 Å². The number of nitrogens with one attached hydrogen (secondary N) is 1. The second-order valence-electron chi connectivity index (χ2n) is 9.45. The molecule has 2 unspecified atom stereocenters. The number of rotatable bonds is 9. The molecule has 1 aliphatic heterocycles. The number of carbonyl (C=O) groups excluding carboxylic acids is 2. The molecule has 1 aromatic carbocycles. The second kappa shape index (κ2) is 12.9. The van der Waals surface area contributed by atoms with Gasteiger partial charge in [0.15, 0.2) is 0 Å². The van der Waals surface area contributed by atoms with Crippen LogP contribution in [-0.2, 0) is 4.79 Å². The monoisotopic (exact) mass is 532 g/mol. The van der Waals surface area contributed by atoms with Crippen LogP contribution in [0.5, 0.6) is 5.75 Å². The fraction of sp³-hybridized carbons (Fsp3) is 0.667. The van der Waals surface area contributed by atoms with Crippen molar-refractivity contribution in [2.45, 2.75) is 62.9 Å². The largest absolute Gasteiger partial charge is 0.573 e. The van der Waals surface area contributed by atoms with Gasteiger partial charge < -0.3 is 25.4 Å². The predicted octanol–water partition coefficient (Wildman–Crippen LogP) is 3.46. The lowest BCUT2D eigenvalue weighted by atomic mass is 9.93. The number of benzene rings is 1. The number of amides is 3. The van der Waals surface area contributed by atoms with E-state index in [0.29, 0.717) is 19.0 Å². The third kappa shape index (κ3) is 9.04. The Balaban J connectivity index is 0.000000221. The minimum absolute atomic E-state index is 0.00135. The first-order valence-corrected chi connectivity index (χ1v) is 13.4. The zero-order valence-electron chi connectivity index (χ0n) is 20.4. The van der Waals surface area contributed by atoms with Gasteiger partial charge in [-0.3, -0.25) is 9.52 Å². The molecule has 12 heteroatoms. The molecule has 4 N–H and O–H groups in total. The summed E-state index contributed by atoms with van der Waals surface area (Å²) in [6.45, 7) is 1.78. The van der Waals surface area contributed by atoms with Gasteiger partial charge in [0, 0.05) is 32.1 Å². The maximum atomic E-state index is 12.3. The summed E-state index contributed by atoms with van der Waals surface area (Å²) < 4.78 is 42.4. The number of nitrogens with zero attached hydrogens (tertiary/aromatic N) is 2. The Kier molecular flexibility index (Phi) is 10.1. The van der Waals surface area contributed by atoms with Crippen molar-refractivity contribution < 1.29 is 32.6 Å². The number of nitrogens with two attached hydrogens (primary N) is 1. The van der Waals surface area contributed by atoms with E-state index in [1.165, 1.54) is 12.1 Å². The highest BCUT2D eigenvalue weighted by Crippen LogP contribution is 2.40. The topological polar surface area (TPSA) is 108 Å².